The standard InChI is InChI=1S/C20H17FN2O3/c1-12-2-8-15(9-3-12)22-18(13-4-6-14(21)7-5-13)19(20(22)26)23-16(24)10-11-17(23)25/h2-9,18-19H,10-11H2,1H3. The molecule has 0 bridgehead atoms. The summed E-state index contributed by atoms with van der Waals surface area (Å²) in [6, 6.07) is 11.9. The van der Waals surface area contributed by atoms with E-state index in [0.717, 1.165) is 10.5 Å². The number of anilines is 1. The molecule has 2 aliphatic heterocycles. The molecule has 132 valence electrons. The summed E-state index contributed by atoms with van der Waals surface area (Å²) in [6.07, 6.45) is 0.257. The van der Waals surface area contributed by atoms with Crippen LogP contribution < -0.4 is 4.90 Å². The molecule has 2 aromatic rings. The van der Waals surface area contributed by atoms with Crippen molar-refractivity contribution in [2.75, 3.05) is 4.90 Å². The molecule has 2 aliphatic rings. The number of carbonyl (C=O) groups excluding carboxylic acids is 3. The van der Waals surface area contributed by atoms with Crippen LogP contribution in [-0.2, 0) is 14.4 Å². The van der Waals surface area contributed by atoms with Crippen LogP contribution in [0.15, 0.2) is 48.5 Å². The highest BCUT2D eigenvalue weighted by Crippen LogP contribution is 2.43. The second-order valence-corrected chi connectivity index (χ2v) is 6.64. The van der Waals surface area contributed by atoms with Crippen LogP contribution in [-0.4, -0.2) is 28.7 Å². The van der Waals surface area contributed by atoms with Gasteiger partial charge in [-0.05, 0) is 36.8 Å². The average Bonchev–Trinajstić information content (AvgIpc) is 2.95. The number of β-lactam (4-membered cyclic amide) rings is 1. The van der Waals surface area contributed by atoms with Gasteiger partial charge < -0.3 is 4.90 Å². The number of halogens is 1. The van der Waals surface area contributed by atoms with Gasteiger partial charge in [0.15, 0.2) is 0 Å². The molecule has 0 radical (unpaired) electrons. The molecular formula is C20H17FN2O3. The third-order valence-electron chi connectivity index (χ3n) is 4.96. The summed E-state index contributed by atoms with van der Waals surface area (Å²) in [4.78, 5) is 39.8. The van der Waals surface area contributed by atoms with Crippen molar-refractivity contribution in [1.29, 1.82) is 0 Å². The molecule has 5 nitrogen and oxygen atoms in total. The number of aryl methyl sites for hydroxylation is 1. The Morgan fingerprint density at radius 2 is 1.38 bits per heavy atom. The number of hydrogen-bond acceptors (Lipinski definition) is 3. The van der Waals surface area contributed by atoms with Gasteiger partial charge in [-0.1, -0.05) is 29.8 Å². The average molecular weight is 352 g/mol. The summed E-state index contributed by atoms with van der Waals surface area (Å²) in [5.74, 6) is -1.34. The van der Waals surface area contributed by atoms with Gasteiger partial charge in [-0.25, -0.2) is 4.39 Å². The number of benzene rings is 2. The van der Waals surface area contributed by atoms with Gasteiger partial charge in [0.1, 0.15) is 11.9 Å². The lowest BCUT2D eigenvalue weighted by atomic mass is 9.86. The number of amides is 3. The molecule has 2 fully saturated rings. The fraction of sp³-hybridized carbons (Fsp3) is 0.250. The maximum atomic E-state index is 13.3. The maximum absolute atomic E-state index is 13.3. The van der Waals surface area contributed by atoms with Crippen LogP contribution in [0.25, 0.3) is 0 Å². The maximum Gasteiger partial charge on any atom is 0.253 e. The Kier molecular flexibility index (Phi) is 3.83. The van der Waals surface area contributed by atoms with Gasteiger partial charge in [0, 0.05) is 18.5 Å². The Morgan fingerprint density at radius 3 is 1.96 bits per heavy atom. The van der Waals surface area contributed by atoms with Crippen molar-refractivity contribution in [3.8, 4) is 0 Å². The summed E-state index contributed by atoms with van der Waals surface area (Å²) < 4.78 is 13.3. The fourth-order valence-corrected chi connectivity index (χ4v) is 3.61. The molecule has 2 atom stereocenters. The van der Waals surface area contributed by atoms with E-state index < -0.39 is 12.1 Å². The van der Waals surface area contributed by atoms with Crippen LogP contribution in [0.3, 0.4) is 0 Å². The molecular weight excluding hydrogens is 335 g/mol. The minimum Gasteiger partial charge on any atom is -0.300 e. The van der Waals surface area contributed by atoms with Gasteiger partial charge in [0.2, 0.25) is 11.8 Å². The second kappa shape index (κ2) is 6.05. The Hall–Kier alpha value is -3.02. The lowest BCUT2D eigenvalue weighted by Crippen LogP contribution is -2.67. The third-order valence-corrected chi connectivity index (χ3v) is 4.96. The van der Waals surface area contributed by atoms with Crippen LogP contribution in [0.5, 0.6) is 0 Å². The molecule has 3 amide bonds. The van der Waals surface area contributed by atoms with Gasteiger partial charge in [-0.3, -0.25) is 19.3 Å². The first kappa shape index (κ1) is 16.4. The van der Waals surface area contributed by atoms with E-state index in [2.05, 4.69) is 0 Å². The van der Waals surface area contributed by atoms with Crippen molar-refractivity contribution in [2.24, 2.45) is 0 Å². The van der Waals surface area contributed by atoms with Crippen LogP contribution >= 0.6 is 0 Å². The van der Waals surface area contributed by atoms with Crippen molar-refractivity contribution in [2.45, 2.75) is 31.8 Å². The zero-order valence-electron chi connectivity index (χ0n) is 14.2. The molecule has 0 aliphatic carbocycles. The van der Waals surface area contributed by atoms with Gasteiger partial charge in [-0.2, -0.15) is 0 Å². The number of hydrogen-bond donors (Lipinski definition) is 0. The van der Waals surface area contributed by atoms with E-state index in [1.165, 1.54) is 12.1 Å². The predicted molar refractivity (Wildman–Crippen MR) is 92.7 cm³/mol. The number of imide groups is 1. The van der Waals surface area contributed by atoms with E-state index in [9.17, 15) is 18.8 Å². The Bertz CT molecular complexity index is 876. The number of carbonyl (C=O) groups is 3. The van der Waals surface area contributed by atoms with E-state index in [4.69, 9.17) is 0 Å². The van der Waals surface area contributed by atoms with E-state index in [1.54, 1.807) is 17.0 Å². The van der Waals surface area contributed by atoms with Crippen molar-refractivity contribution in [3.05, 3.63) is 65.5 Å². The van der Waals surface area contributed by atoms with Crippen LogP contribution in [0.4, 0.5) is 10.1 Å². The quantitative estimate of drug-likeness (QED) is 0.630. The lowest BCUT2D eigenvalue weighted by Gasteiger charge is -2.49. The van der Waals surface area contributed by atoms with Crippen LogP contribution in [0, 0.1) is 12.7 Å². The monoisotopic (exact) mass is 352 g/mol. The smallest absolute Gasteiger partial charge is 0.253 e. The molecule has 2 unspecified atom stereocenters. The van der Waals surface area contributed by atoms with Gasteiger partial charge in [-0.15, -0.1) is 0 Å². The van der Waals surface area contributed by atoms with Crippen LogP contribution in [0.2, 0.25) is 0 Å². The molecule has 0 aromatic heterocycles. The molecule has 0 N–H and O–H groups in total. The zero-order valence-corrected chi connectivity index (χ0v) is 14.2. The van der Waals surface area contributed by atoms with Crippen molar-refractivity contribution in [3.63, 3.8) is 0 Å². The first-order valence-corrected chi connectivity index (χ1v) is 8.47. The molecule has 2 aromatic carbocycles. The second-order valence-electron chi connectivity index (χ2n) is 6.64. The summed E-state index contributed by atoms with van der Waals surface area (Å²) in [5, 5.41) is 0. The van der Waals surface area contributed by atoms with Gasteiger partial charge in [0.05, 0.1) is 6.04 Å². The number of likely N-dealkylation sites (tertiary alicyclic amines) is 1. The highest BCUT2D eigenvalue weighted by molar-refractivity contribution is 6.13. The Morgan fingerprint density at radius 1 is 0.808 bits per heavy atom. The van der Waals surface area contributed by atoms with Crippen molar-refractivity contribution >= 4 is 23.4 Å². The molecule has 0 spiro atoms. The molecule has 2 heterocycles. The largest absolute Gasteiger partial charge is 0.300 e. The van der Waals surface area contributed by atoms with Crippen molar-refractivity contribution < 1.29 is 18.8 Å². The van der Waals surface area contributed by atoms with Crippen molar-refractivity contribution in [1.82, 2.24) is 4.90 Å². The Balaban J connectivity index is 1.76. The SMILES string of the molecule is Cc1ccc(N2C(=O)C(N3C(=O)CCC3=O)C2c2ccc(F)cc2)cc1. The number of rotatable bonds is 3. The highest BCUT2D eigenvalue weighted by atomic mass is 19.1. The molecule has 6 heteroatoms. The third kappa shape index (κ3) is 2.49. The first-order valence-electron chi connectivity index (χ1n) is 8.47. The van der Waals surface area contributed by atoms with E-state index in [1.807, 2.05) is 31.2 Å². The highest BCUT2D eigenvalue weighted by Gasteiger charge is 2.56. The lowest BCUT2D eigenvalue weighted by molar-refractivity contribution is -0.151. The van der Waals surface area contributed by atoms with E-state index in [0.29, 0.717) is 11.3 Å². The van der Waals surface area contributed by atoms with Gasteiger partial charge >= 0.3 is 0 Å². The zero-order chi connectivity index (χ0) is 18.4. The summed E-state index contributed by atoms with van der Waals surface area (Å²) in [7, 11) is 0. The molecule has 2 saturated heterocycles. The fourth-order valence-electron chi connectivity index (χ4n) is 3.61. The van der Waals surface area contributed by atoms with E-state index in [-0.39, 0.29) is 36.4 Å². The minimum absolute atomic E-state index is 0.128. The summed E-state index contributed by atoms with van der Waals surface area (Å²) in [6.45, 7) is 1.95. The van der Waals surface area contributed by atoms with Crippen LogP contribution in [0.1, 0.15) is 30.0 Å². The topological polar surface area (TPSA) is 57.7 Å². The normalized spacial score (nSPS) is 22.8. The Labute approximate surface area is 150 Å². The first-order chi connectivity index (χ1) is 12.5. The summed E-state index contributed by atoms with van der Waals surface area (Å²) >= 11 is 0. The van der Waals surface area contributed by atoms with Gasteiger partial charge in [0.25, 0.3) is 5.91 Å². The number of nitrogens with zero attached hydrogens (tertiary/aromatic N) is 2. The molecule has 0 saturated carbocycles. The molecule has 26 heavy (non-hydrogen) atoms. The van der Waals surface area contributed by atoms with E-state index >= 15 is 0 Å². The minimum atomic E-state index is -0.871. The summed E-state index contributed by atoms with van der Waals surface area (Å²) in [5.41, 5.74) is 2.43. The predicted octanol–water partition coefficient (Wildman–Crippen LogP) is 2.74. The molecule has 4 rings (SSSR count).